The lowest BCUT2D eigenvalue weighted by molar-refractivity contribution is -0.850. The normalized spacial score (nSPS) is 46.2. The topological polar surface area (TPSA) is 107 Å². The SMILES string of the molecule is CC1=C(CO)C(=O)O[C@@H]([C@@H](C)[C@H]2CC[C@H]3[C@@H]4C[C@H]5O[C@]56[C@@H](OC(=O)C[NH+](C)C)C=CC(=O)[C@]6(C)[C@H]4CC[C@]23C)C1. The summed E-state index contributed by atoms with van der Waals surface area (Å²) in [4.78, 5) is 40.0. The van der Waals surface area contributed by atoms with Gasteiger partial charge in [-0.3, -0.25) is 4.79 Å². The van der Waals surface area contributed by atoms with E-state index in [9.17, 15) is 19.5 Å². The van der Waals surface area contributed by atoms with Crippen molar-refractivity contribution in [3.8, 4) is 0 Å². The fourth-order valence-electron chi connectivity index (χ4n) is 10.3. The average Bonchev–Trinajstić information content (AvgIpc) is 3.51. The van der Waals surface area contributed by atoms with E-state index in [1.807, 2.05) is 21.0 Å². The number of esters is 2. The van der Waals surface area contributed by atoms with Crippen LogP contribution in [0.2, 0.25) is 0 Å². The molecule has 4 fully saturated rings. The molecule has 11 atom stereocenters. The minimum Gasteiger partial charge on any atom is -0.458 e. The molecule has 0 bridgehead atoms. The summed E-state index contributed by atoms with van der Waals surface area (Å²) in [5.41, 5.74) is -0.0202. The van der Waals surface area contributed by atoms with Gasteiger partial charge in [0.15, 0.2) is 18.4 Å². The van der Waals surface area contributed by atoms with E-state index in [4.69, 9.17) is 14.2 Å². The number of epoxide rings is 1. The van der Waals surface area contributed by atoms with Crippen LogP contribution in [-0.2, 0) is 28.6 Å². The van der Waals surface area contributed by atoms with Crippen LogP contribution in [0.25, 0.3) is 0 Å². The molecule has 0 amide bonds. The lowest BCUT2D eigenvalue weighted by atomic mass is 9.44. The Morgan fingerprint density at radius 2 is 1.95 bits per heavy atom. The number of cyclic esters (lactones) is 1. The Morgan fingerprint density at radius 1 is 1.20 bits per heavy atom. The Bertz CT molecular complexity index is 1180. The summed E-state index contributed by atoms with van der Waals surface area (Å²) >= 11 is 0. The molecule has 0 unspecified atom stereocenters. The van der Waals surface area contributed by atoms with Gasteiger partial charge in [-0.1, -0.05) is 19.4 Å². The summed E-state index contributed by atoms with van der Waals surface area (Å²) in [5.74, 6) is 1.13. The molecule has 2 N–H and O–H groups in total. The quantitative estimate of drug-likeness (QED) is 0.381. The molecule has 220 valence electrons. The van der Waals surface area contributed by atoms with Crippen LogP contribution in [0, 0.1) is 40.4 Å². The number of carbonyl (C=O) groups excluding carboxylic acids is 3. The molecule has 6 aliphatic rings. The van der Waals surface area contributed by atoms with Gasteiger partial charge in [-0.25, -0.2) is 9.59 Å². The molecule has 0 aromatic carbocycles. The van der Waals surface area contributed by atoms with Crippen LogP contribution in [0.15, 0.2) is 23.3 Å². The number of ketones is 1. The van der Waals surface area contributed by atoms with Gasteiger partial charge in [0.05, 0.1) is 37.8 Å². The number of quaternary nitrogens is 1. The van der Waals surface area contributed by atoms with Crippen LogP contribution >= 0.6 is 0 Å². The Balaban J connectivity index is 1.24. The number of fused-ring (bicyclic) bond motifs is 4. The number of likely N-dealkylation sites (N-methyl/N-ethyl adjacent to an activating group) is 1. The summed E-state index contributed by atoms with van der Waals surface area (Å²) in [5, 5.41) is 9.59. The third-order valence-corrected chi connectivity index (χ3v) is 12.3. The van der Waals surface area contributed by atoms with Gasteiger partial charge in [0.25, 0.3) is 0 Å². The molecule has 40 heavy (non-hydrogen) atoms. The van der Waals surface area contributed by atoms with Crippen molar-refractivity contribution in [3.05, 3.63) is 23.3 Å². The predicted octanol–water partition coefficient (Wildman–Crippen LogP) is 2.05. The van der Waals surface area contributed by atoms with Gasteiger partial charge >= 0.3 is 11.9 Å². The van der Waals surface area contributed by atoms with E-state index in [2.05, 4.69) is 20.8 Å². The molecule has 2 aliphatic heterocycles. The lowest BCUT2D eigenvalue weighted by Crippen LogP contribution is -3.06. The van der Waals surface area contributed by atoms with Gasteiger partial charge < -0.3 is 24.2 Å². The molecule has 3 saturated carbocycles. The van der Waals surface area contributed by atoms with E-state index in [-0.39, 0.29) is 60.3 Å². The smallest absolute Gasteiger partial charge is 0.362 e. The maximum atomic E-state index is 13.7. The van der Waals surface area contributed by atoms with E-state index in [1.165, 1.54) is 0 Å². The van der Waals surface area contributed by atoms with Crippen molar-refractivity contribution in [1.29, 1.82) is 0 Å². The van der Waals surface area contributed by atoms with Crippen molar-refractivity contribution in [2.24, 2.45) is 40.4 Å². The van der Waals surface area contributed by atoms with E-state index < -0.39 is 17.1 Å². The van der Waals surface area contributed by atoms with Crippen molar-refractivity contribution in [1.82, 2.24) is 0 Å². The van der Waals surface area contributed by atoms with Crippen molar-refractivity contribution >= 4 is 17.7 Å². The van der Waals surface area contributed by atoms with Crippen molar-refractivity contribution in [3.63, 3.8) is 0 Å². The van der Waals surface area contributed by atoms with Gasteiger partial charge in [-0.15, -0.1) is 0 Å². The van der Waals surface area contributed by atoms with E-state index >= 15 is 0 Å². The summed E-state index contributed by atoms with van der Waals surface area (Å²) in [6, 6.07) is 0. The number of carbonyl (C=O) groups is 3. The Hall–Kier alpha value is -2.03. The Labute approximate surface area is 237 Å². The van der Waals surface area contributed by atoms with Crippen LogP contribution in [0.1, 0.15) is 66.2 Å². The van der Waals surface area contributed by atoms with Gasteiger partial charge in [0.1, 0.15) is 11.7 Å². The first-order valence-corrected chi connectivity index (χ1v) is 15.3. The number of allylic oxidation sites excluding steroid dienone is 1. The predicted molar refractivity (Wildman–Crippen MR) is 146 cm³/mol. The van der Waals surface area contributed by atoms with Crippen LogP contribution in [0.3, 0.4) is 0 Å². The van der Waals surface area contributed by atoms with Crippen LogP contribution < -0.4 is 4.90 Å². The second-order valence-corrected chi connectivity index (χ2v) is 14.4. The summed E-state index contributed by atoms with van der Waals surface area (Å²) < 4.78 is 18.4. The largest absolute Gasteiger partial charge is 0.458 e. The zero-order chi connectivity index (χ0) is 28.8. The molecular formula is C32H46NO7+. The van der Waals surface area contributed by atoms with E-state index in [1.54, 1.807) is 12.2 Å². The minimum atomic E-state index is -0.749. The number of hydrogen-bond donors (Lipinski definition) is 2. The molecule has 6 rings (SSSR count). The van der Waals surface area contributed by atoms with Gasteiger partial charge in [0.2, 0.25) is 0 Å². The van der Waals surface area contributed by atoms with Crippen molar-refractivity contribution < 1.29 is 38.6 Å². The Morgan fingerprint density at radius 3 is 2.62 bits per heavy atom. The first-order valence-electron chi connectivity index (χ1n) is 15.3. The highest BCUT2D eigenvalue weighted by molar-refractivity contribution is 5.98. The van der Waals surface area contributed by atoms with Gasteiger partial charge in [0, 0.05) is 6.42 Å². The van der Waals surface area contributed by atoms with Crippen molar-refractivity contribution in [2.75, 3.05) is 27.2 Å². The zero-order valence-electron chi connectivity index (χ0n) is 24.8. The molecule has 8 heteroatoms. The minimum absolute atomic E-state index is 0.0834. The summed E-state index contributed by atoms with van der Waals surface area (Å²) in [6.07, 6.45) is 8.35. The van der Waals surface area contributed by atoms with E-state index in [0.29, 0.717) is 29.7 Å². The summed E-state index contributed by atoms with van der Waals surface area (Å²) in [6.45, 7) is 8.69. The monoisotopic (exact) mass is 556 g/mol. The first-order chi connectivity index (χ1) is 18.9. The maximum Gasteiger partial charge on any atom is 0.362 e. The molecular weight excluding hydrogens is 510 g/mol. The third-order valence-electron chi connectivity index (χ3n) is 12.3. The van der Waals surface area contributed by atoms with Crippen molar-refractivity contribution in [2.45, 2.75) is 90.1 Å². The van der Waals surface area contributed by atoms with Crippen LogP contribution in [0.4, 0.5) is 0 Å². The molecule has 0 aromatic heterocycles. The molecule has 8 nitrogen and oxygen atoms in total. The number of rotatable bonds is 6. The average molecular weight is 557 g/mol. The van der Waals surface area contributed by atoms with Gasteiger partial charge in [-0.05, 0) is 93.1 Å². The number of hydrogen-bond acceptors (Lipinski definition) is 7. The number of nitrogens with one attached hydrogen (secondary N) is 1. The molecule has 4 aliphatic carbocycles. The number of aliphatic hydroxyl groups is 1. The molecule has 1 saturated heterocycles. The molecule has 0 aromatic rings. The molecule has 1 spiro atoms. The Kier molecular flexibility index (Phi) is 6.67. The van der Waals surface area contributed by atoms with Crippen LogP contribution in [-0.4, -0.2) is 74.0 Å². The highest BCUT2D eigenvalue weighted by Gasteiger charge is 2.81. The standard InChI is InChI=1S/C32H45NO7/c1-17-13-24(38-29(37)20(17)16-34)18(2)21-7-8-22-19-14-27-32(40-27)26(39-28(36)15-33(5)6)10-9-25(35)31(32,4)23(19)11-12-30(21,22)3/h9-10,18-19,21-24,26-27,34H,7-8,11-16H2,1-6H3/p+1/t18-,19-,21+,22-,23-,24+,26-,27+,30+,31-,32+/m0/s1. The highest BCUT2D eigenvalue weighted by atomic mass is 16.7. The first kappa shape index (κ1) is 28.1. The van der Waals surface area contributed by atoms with E-state index in [0.717, 1.165) is 42.6 Å². The second kappa shape index (κ2) is 9.50. The van der Waals surface area contributed by atoms with Crippen LogP contribution in [0.5, 0.6) is 0 Å². The van der Waals surface area contributed by atoms with Gasteiger partial charge in [-0.2, -0.15) is 0 Å². The maximum absolute atomic E-state index is 13.7. The third kappa shape index (κ3) is 3.77. The zero-order valence-corrected chi connectivity index (χ0v) is 24.8. The molecule has 0 radical (unpaired) electrons. The lowest BCUT2D eigenvalue weighted by Gasteiger charge is -2.58. The fourth-order valence-corrected chi connectivity index (χ4v) is 10.3. The molecule has 2 heterocycles. The summed E-state index contributed by atoms with van der Waals surface area (Å²) in [7, 11) is 3.84. The number of ether oxygens (including phenoxy) is 3. The second-order valence-electron chi connectivity index (χ2n) is 14.4. The highest BCUT2D eigenvalue weighted by Crippen LogP contribution is 2.73. The number of aliphatic hydroxyl groups excluding tert-OH is 1. The fraction of sp³-hybridized carbons (Fsp3) is 0.781.